The number of rotatable bonds is 5. The number of hydrogen-bond donors (Lipinski definition) is 3. The summed E-state index contributed by atoms with van der Waals surface area (Å²) in [6.45, 7) is 1.95. The molecular formula is C25H24FN5O3. The molecule has 3 heterocycles. The molecule has 4 aromatic rings. The third-order valence-corrected chi connectivity index (χ3v) is 6.08. The number of fused-ring (bicyclic) bond motifs is 1. The van der Waals surface area contributed by atoms with E-state index in [4.69, 9.17) is 0 Å². The number of benzene rings is 2. The van der Waals surface area contributed by atoms with Gasteiger partial charge in [-0.2, -0.15) is 0 Å². The Hall–Kier alpha value is -3.82. The first-order valence-corrected chi connectivity index (χ1v) is 11.0. The molecule has 8 nitrogen and oxygen atoms in total. The maximum atomic E-state index is 13.6. The van der Waals surface area contributed by atoms with Crippen molar-refractivity contribution in [2.75, 3.05) is 5.32 Å². The molecule has 0 bridgehead atoms. The summed E-state index contributed by atoms with van der Waals surface area (Å²) in [4.78, 5) is 22.4. The molecule has 2 aromatic heterocycles. The quantitative estimate of drug-likeness (QED) is 0.422. The van der Waals surface area contributed by atoms with Crippen LogP contribution in [-0.2, 0) is 13.1 Å². The summed E-state index contributed by atoms with van der Waals surface area (Å²) in [7, 11) is 0. The van der Waals surface area contributed by atoms with Gasteiger partial charge in [0.1, 0.15) is 18.0 Å². The first-order valence-electron chi connectivity index (χ1n) is 11.0. The molecule has 2 aromatic carbocycles. The first-order chi connectivity index (χ1) is 16.4. The predicted octanol–water partition coefficient (Wildman–Crippen LogP) is 2.82. The highest BCUT2D eigenvalue weighted by molar-refractivity contribution is 5.79. The molecule has 0 aliphatic carbocycles. The molecule has 3 unspecified atom stereocenters. The predicted molar refractivity (Wildman–Crippen MR) is 126 cm³/mol. The van der Waals surface area contributed by atoms with Crippen LogP contribution in [0.1, 0.15) is 18.5 Å². The van der Waals surface area contributed by atoms with Crippen molar-refractivity contribution in [3.63, 3.8) is 0 Å². The SMILES string of the molecule is CC(Nc1nccc(-c2c(-c3ccc(F)cc3)c(=O)n3n2CC(O)C(O)C3)n1)c1ccccc1. The Morgan fingerprint density at radius 1 is 1.00 bits per heavy atom. The van der Waals surface area contributed by atoms with E-state index >= 15 is 0 Å². The van der Waals surface area contributed by atoms with Crippen molar-refractivity contribution in [1.82, 2.24) is 19.3 Å². The van der Waals surface area contributed by atoms with Gasteiger partial charge in [0, 0.05) is 6.20 Å². The minimum absolute atomic E-state index is 0.0140. The van der Waals surface area contributed by atoms with Gasteiger partial charge < -0.3 is 15.5 Å². The molecule has 3 atom stereocenters. The lowest BCUT2D eigenvalue weighted by Gasteiger charge is -2.28. The van der Waals surface area contributed by atoms with Crippen LogP contribution in [0, 0.1) is 5.82 Å². The zero-order valence-electron chi connectivity index (χ0n) is 18.5. The summed E-state index contributed by atoms with van der Waals surface area (Å²) in [6.07, 6.45) is -0.507. The molecule has 0 saturated heterocycles. The molecule has 0 saturated carbocycles. The third kappa shape index (κ3) is 4.00. The highest BCUT2D eigenvalue weighted by atomic mass is 19.1. The van der Waals surface area contributed by atoms with E-state index in [2.05, 4.69) is 15.3 Å². The van der Waals surface area contributed by atoms with E-state index in [1.165, 1.54) is 28.9 Å². The van der Waals surface area contributed by atoms with Crippen LogP contribution in [0.4, 0.5) is 10.3 Å². The van der Waals surface area contributed by atoms with Gasteiger partial charge in [-0.15, -0.1) is 0 Å². The summed E-state index contributed by atoms with van der Waals surface area (Å²) >= 11 is 0. The molecule has 0 radical (unpaired) electrons. The van der Waals surface area contributed by atoms with Crippen LogP contribution < -0.4 is 10.9 Å². The second kappa shape index (κ2) is 8.85. The average molecular weight is 461 g/mol. The second-order valence-electron chi connectivity index (χ2n) is 8.38. The van der Waals surface area contributed by atoms with Gasteiger partial charge in [0.15, 0.2) is 0 Å². The monoisotopic (exact) mass is 461 g/mol. The van der Waals surface area contributed by atoms with E-state index in [-0.39, 0.29) is 24.7 Å². The minimum Gasteiger partial charge on any atom is -0.388 e. The van der Waals surface area contributed by atoms with E-state index in [0.717, 1.165) is 5.56 Å². The first kappa shape index (κ1) is 22.0. The minimum atomic E-state index is -1.07. The number of aromatic nitrogens is 4. The lowest BCUT2D eigenvalue weighted by molar-refractivity contribution is -0.0294. The summed E-state index contributed by atoms with van der Waals surface area (Å²) in [6, 6.07) is 17.1. The Morgan fingerprint density at radius 3 is 2.38 bits per heavy atom. The fourth-order valence-corrected chi connectivity index (χ4v) is 4.27. The number of hydrogen-bond acceptors (Lipinski definition) is 6. The number of aliphatic hydroxyl groups excluding tert-OH is 2. The van der Waals surface area contributed by atoms with Gasteiger partial charge >= 0.3 is 0 Å². The molecule has 174 valence electrons. The van der Waals surface area contributed by atoms with Crippen LogP contribution in [0.15, 0.2) is 71.7 Å². The van der Waals surface area contributed by atoms with Gasteiger partial charge in [0.25, 0.3) is 5.56 Å². The number of anilines is 1. The van der Waals surface area contributed by atoms with Crippen LogP contribution in [-0.4, -0.2) is 41.8 Å². The van der Waals surface area contributed by atoms with Crippen LogP contribution in [0.5, 0.6) is 0 Å². The Balaban J connectivity index is 1.62. The molecule has 0 fully saturated rings. The fourth-order valence-electron chi connectivity index (χ4n) is 4.27. The lowest BCUT2D eigenvalue weighted by Crippen LogP contribution is -2.44. The topological polar surface area (TPSA) is 105 Å². The summed E-state index contributed by atoms with van der Waals surface area (Å²) < 4.78 is 16.6. The lowest BCUT2D eigenvalue weighted by atomic mass is 10.0. The van der Waals surface area contributed by atoms with Crippen LogP contribution in [0.25, 0.3) is 22.5 Å². The summed E-state index contributed by atoms with van der Waals surface area (Å²) in [5, 5.41) is 23.8. The molecule has 1 aliphatic heterocycles. The largest absolute Gasteiger partial charge is 0.388 e. The summed E-state index contributed by atoms with van der Waals surface area (Å²) in [5.41, 5.74) is 2.50. The molecule has 0 spiro atoms. The van der Waals surface area contributed by atoms with Crippen molar-refractivity contribution in [3.8, 4) is 22.5 Å². The number of halogens is 1. The molecular weight excluding hydrogens is 437 g/mol. The molecule has 34 heavy (non-hydrogen) atoms. The van der Waals surface area contributed by atoms with Crippen molar-refractivity contribution in [2.24, 2.45) is 0 Å². The van der Waals surface area contributed by atoms with Crippen molar-refractivity contribution in [3.05, 3.63) is 88.6 Å². The van der Waals surface area contributed by atoms with Crippen LogP contribution in [0.2, 0.25) is 0 Å². The Bertz CT molecular complexity index is 1370. The zero-order valence-corrected chi connectivity index (χ0v) is 18.5. The van der Waals surface area contributed by atoms with E-state index in [0.29, 0.717) is 28.5 Å². The Morgan fingerprint density at radius 2 is 1.68 bits per heavy atom. The van der Waals surface area contributed by atoms with Crippen molar-refractivity contribution < 1.29 is 14.6 Å². The van der Waals surface area contributed by atoms with Gasteiger partial charge in [-0.05, 0) is 36.2 Å². The Kier molecular flexibility index (Phi) is 5.72. The summed E-state index contributed by atoms with van der Waals surface area (Å²) in [5.74, 6) is -0.0352. The Labute approximate surface area is 195 Å². The normalized spacial score (nSPS) is 18.4. The smallest absolute Gasteiger partial charge is 0.275 e. The average Bonchev–Trinajstić information content (AvgIpc) is 3.12. The van der Waals surface area contributed by atoms with Gasteiger partial charge in [-0.1, -0.05) is 42.5 Å². The van der Waals surface area contributed by atoms with Crippen molar-refractivity contribution in [1.29, 1.82) is 0 Å². The maximum Gasteiger partial charge on any atom is 0.275 e. The highest BCUT2D eigenvalue weighted by Gasteiger charge is 2.32. The van der Waals surface area contributed by atoms with Gasteiger partial charge in [-0.25, -0.2) is 19.0 Å². The fraction of sp³-hybridized carbons (Fsp3) is 0.240. The van der Waals surface area contributed by atoms with Crippen molar-refractivity contribution in [2.45, 2.75) is 38.3 Å². The van der Waals surface area contributed by atoms with Gasteiger partial charge in [-0.3, -0.25) is 9.48 Å². The van der Waals surface area contributed by atoms with E-state index in [1.807, 2.05) is 37.3 Å². The molecule has 0 amide bonds. The number of aliphatic hydroxyl groups is 2. The molecule has 3 N–H and O–H groups in total. The number of nitrogens with one attached hydrogen (secondary N) is 1. The van der Waals surface area contributed by atoms with E-state index in [9.17, 15) is 19.4 Å². The van der Waals surface area contributed by atoms with Crippen LogP contribution >= 0.6 is 0 Å². The van der Waals surface area contributed by atoms with E-state index < -0.39 is 18.0 Å². The van der Waals surface area contributed by atoms with Gasteiger partial charge in [0.2, 0.25) is 5.95 Å². The molecule has 9 heteroatoms. The van der Waals surface area contributed by atoms with Crippen molar-refractivity contribution >= 4 is 5.95 Å². The van der Waals surface area contributed by atoms with Crippen LogP contribution in [0.3, 0.4) is 0 Å². The third-order valence-electron chi connectivity index (χ3n) is 6.08. The zero-order chi connectivity index (χ0) is 23.8. The van der Waals surface area contributed by atoms with E-state index in [1.54, 1.807) is 16.9 Å². The maximum absolute atomic E-state index is 13.6. The molecule has 1 aliphatic rings. The second-order valence-corrected chi connectivity index (χ2v) is 8.38. The highest BCUT2D eigenvalue weighted by Crippen LogP contribution is 2.32. The molecule has 5 rings (SSSR count). The number of nitrogens with zero attached hydrogens (tertiary/aromatic N) is 4. The standard InChI is InChI=1S/C25H24FN5O3/c1-15(16-5-3-2-4-6-16)28-25-27-12-11-19(29-25)23-22(17-7-9-18(26)10-8-17)24(34)31-14-21(33)20(32)13-30(23)31/h2-12,15,20-21,32-33H,13-14H2,1H3,(H,27,28,29). The van der Waals surface area contributed by atoms with Gasteiger partial charge in [0.05, 0.1) is 36.1 Å².